The van der Waals surface area contributed by atoms with Crippen LogP contribution in [0.25, 0.3) is 5.69 Å². The Balaban J connectivity index is 1.70. The summed E-state index contributed by atoms with van der Waals surface area (Å²) in [5, 5.41) is 4.32. The number of nitrogens with zero attached hydrogens (tertiary/aromatic N) is 3. The molecule has 1 N–H and O–H groups in total. The molecule has 4 nitrogen and oxygen atoms in total. The first kappa shape index (κ1) is 22.4. The molecule has 0 aliphatic carbocycles. The number of thiocarbonyl (C=S) groups is 1. The monoisotopic (exact) mass is 466 g/mol. The molecule has 172 valence electrons. The highest BCUT2D eigenvalue weighted by atomic mass is 32.1. The fraction of sp³-hybridized carbons (Fsp3) is 0.241. The van der Waals surface area contributed by atoms with Crippen molar-refractivity contribution in [2.45, 2.75) is 46.7 Å². The van der Waals surface area contributed by atoms with Gasteiger partial charge in [0.15, 0.2) is 5.11 Å². The lowest BCUT2D eigenvalue weighted by Crippen LogP contribution is -2.29. The van der Waals surface area contributed by atoms with Gasteiger partial charge < -0.3 is 14.8 Å². The molecule has 2 atom stereocenters. The highest BCUT2D eigenvalue weighted by Gasteiger charge is 2.42. The second-order valence-electron chi connectivity index (χ2n) is 9.34. The normalized spacial score (nSPS) is 17.8. The van der Waals surface area contributed by atoms with Gasteiger partial charge in [0.2, 0.25) is 0 Å². The van der Waals surface area contributed by atoms with Gasteiger partial charge in [0, 0.05) is 29.0 Å². The van der Waals surface area contributed by atoms with E-state index < -0.39 is 0 Å². The van der Waals surface area contributed by atoms with Gasteiger partial charge in [0.25, 0.3) is 0 Å². The second kappa shape index (κ2) is 8.73. The molecular weight excluding hydrogens is 436 g/mol. The molecule has 1 fully saturated rings. The predicted octanol–water partition coefficient (Wildman–Crippen LogP) is 6.59. The van der Waals surface area contributed by atoms with E-state index in [-0.39, 0.29) is 12.1 Å². The van der Waals surface area contributed by atoms with Gasteiger partial charge in [-0.25, -0.2) is 0 Å². The highest BCUT2D eigenvalue weighted by molar-refractivity contribution is 7.80. The number of nitrogens with one attached hydrogen (secondary N) is 1. The van der Waals surface area contributed by atoms with E-state index in [0.717, 1.165) is 16.5 Å². The van der Waals surface area contributed by atoms with Crippen molar-refractivity contribution in [3.63, 3.8) is 0 Å². The zero-order chi connectivity index (χ0) is 24.0. The molecule has 1 aliphatic rings. The number of pyridine rings is 1. The summed E-state index contributed by atoms with van der Waals surface area (Å²) in [4.78, 5) is 6.98. The first-order chi connectivity index (χ1) is 16.3. The number of rotatable bonds is 4. The standard InChI is InChI=1S/C29H30N4S/c1-18-9-8-10-23(14-18)32-21(4)17-25(22(32)5)28-27(26-11-6-7-12-30-26)31-29(34)33(28)24-15-19(2)13-20(3)16-24/h6-17,27-28H,1-5H3,(H,31,34)/t27-,28-/m0/s1. The lowest BCUT2D eigenvalue weighted by atomic mass is 9.96. The summed E-state index contributed by atoms with van der Waals surface area (Å²) in [5.41, 5.74) is 10.7. The fourth-order valence-corrected chi connectivity index (χ4v) is 5.64. The summed E-state index contributed by atoms with van der Waals surface area (Å²) in [6.45, 7) is 10.8. The molecule has 2 aromatic carbocycles. The molecule has 0 unspecified atom stereocenters. The van der Waals surface area contributed by atoms with Gasteiger partial charge in [-0.05, 0) is 112 Å². The zero-order valence-corrected chi connectivity index (χ0v) is 21.1. The van der Waals surface area contributed by atoms with Crippen molar-refractivity contribution in [3.8, 4) is 5.69 Å². The van der Waals surface area contributed by atoms with Crippen LogP contribution < -0.4 is 10.2 Å². The highest BCUT2D eigenvalue weighted by Crippen LogP contribution is 2.44. The van der Waals surface area contributed by atoms with Crippen molar-refractivity contribution < 1.29 is 0 Å². The van der Waals surface area contributed by atoms with Gasteiger partial charge in [-0.3, -0.25) is 4.98 Å². The minimum absolute atomic E-state index is 0.0200. The largest absolute Gasteiger partial charge is 0.351 e. The molecule has 0 saturated carbocycles. The van der Waals surface area contributed by atoms with E-state index in [0.29, 0.717) is 0 Å². The van der Waals surface area contributed by atoms with E-state index in [1.807, 2.05) is 18.3 Å². The average Bonchev–Trinajstić information content (AvgIpc) is 3.29. The van der Waals surface area contributed by atoms with Gasteiger partial charge in [0.05, 0.1) is 17.8 Å². The first-order valence-electron chi connectivity index (χ1n) is 11.7. The van der Waals surface area contributed by atoms with E-state index in [4.69, 9.17) is 17.2 Å². The minimum Gasteiger partial charge on any atom is -0.351 e. The Morgan fingerprint density at radius 1 is 0.794 bits per heavy atom. The Morgan fingerprint density at radius 2 is 1.53 bits per heavy atom. The van der Waals surface area contributed by atoms with Crippen LogP contribution >= 0.6 is 12.2 Å². The lowest BCUT2D eigenvalue weighted by Gasteiger charge is -2.29. The summed E-state index contributed by atoms with van der Waals surface area (Å²) in [7, 11) is 0. The van der Waals surface area contributed by atoms with Crippen LogP contribution in [0.1, 0.15) is 51.4 Å². The van der Waals surface area contributed by atoms with Crippen LogP contribution in [-0.2, 0) is 0 Å². The number of anilines is 1. The zero-order valence-electron chi connectivity index (χ0n) is 20.3. The Kier molecular flexibility index (Phi) is 5.74. The first-order valence-corrected chi connectivity index (χ1v) is 12.1. The van der Waals surface area contributed by atoms with Crippen LogP contribution in [0.4, 0.5) is 5.69 Å². The molecular formula is C29H30N4S. The summed E-state index contributed by atoms with van der Waals surface area (Å²) < 4.78 is 2.35. The van der Waals surface area contributed by atoms with E-state index in [1.165, 1.54) is 39.3 Å². The van der Waals surface area contributed by atoms with Gasteiger partial charge in [-0.15, -0.1) is 0 Å². The molecule has 5 heteroatoms. The molecule has 5 rings (SSSR count). The molecule has 4 aromatic rings. The van der Waals surface area contributed by atoms with Gasteiger partial charge >= 0.3 is 0 Å². The molecule has 0 amide bonds. The number of hydrogen-bond donors (Lipinski definition) is 1. The molecule has 2 aromatic heterocycles. The molecule has 34 heavy (non-hydrogen) atoms. The van der Waals surface area contributed by atoms with Crippen LogP contribution in [0.5, 0.6) is 0 Å². The summed E-state index contributed by atoms with van der Waals surface area (Å²) in [5.74, 6) is 0. The van der Waals surface area contributed by atoms with Crippen molar-refractivity contribution in [3.05, 3.63) is 112 Å². The van der Waals surface area contributed by atoms with Crippen molar-refractivity contribution in [1.82, 2.24) is 14.9 Å². The van der Waals surface area contributed by atoms with E-state index in [1.54, 1.807) is 0 Å². The fourth-order valence-electron chi connectivity index (χ4n) is 5.29. The van der Waals surface area contributed by atoms with Gasteiger partial charge in [-0.1, -0.05) is 24.3 Å². The topological polar surface area (TPSA) is 33.1 Å². The van der Waals surface area contributed by atoms with Crippen LogP contribution in [0.3, 0.4) is 0 Å². The number of aryl methyl sites for hydroxylation is 4. The number of hydrogen-bond acceptors (Lipinski definition) is 2. The average molecular weight is 467 g/mol. The summed E-state index contributed by atoms with van der Waals surface area (Å²) >= 11 is 5.94. The smallest absolute Gasteiger partial charge is 0.174 e. The third kappa shape index (κ3) is 3.90. The third-order valence-electron chi connectivity index (χ3n) is 6.63. The predicted molar refractivity (Wildman–Crippen MR) is 144 cm³/mol. The second-order valence-corrected chi connectivity index (χ2v) is 9.73. The van der Waals surface area contributed by atoms with Crippen LogP contribution in [-0.4, -0.2) is 14.7 Å². The van der Waals surface area contributed by atoms with Crippen molar-refractivity contribution in [2.24, 2.45) is 0 Å². The SMILES string of the molecule is Cc1cc(C)cc(N2C(=S)N[C@@H](c3ccccn3)[C@@H]2c2cc(C)n(-c3cccc(C)c3)c2C)c1. The lowest BCUT2D eigenvalue weighted by molar-refractivity contribution is 0.565. The van der Waals surface area contributed by atoms with E-state index >= 15 is 0 Å². The molecule has 3 heterocycles. The van der Waals surface area contributed by atoms with Crippen molar-refractivity contribution in [2.75, 3.05) is 4.90 Å². The summed E-state index contributed by atoms with van der Waals surface area (Å²) in [6, 6.07) is 23.6. The third-order valence-corrected chi connectivity index (χ3v) is 6.95. The quantitative estimate of drug-likeness (QED) is 0.344. The maximum absolute atomic E-state index is 5.94. The maximum Gasteiger partial charge on any atom is 0.174 e. The molecule has 1 aliphatic heterocycles. The molecule has 1 saturated heterocycles. The number of benzene rings is 2. The Labute approximate surface area is 207 Å². The van der Waals surface area contributed by atoms with E-state index in [2.05, 4.69) is 104 Å². The molecule has 0 bridgehead atoms. The maximum atomic E-state index is 5.94. The van der Waals surface area contributed by atoms with Crippen molar-refractivity contribution in [1.29, 1.82) is 0 Å². The molecule has 0 spiro atoms. The van der Waals surface area contributed by atoms with Gasteiger partial charge in [-0.2, -0.15) is 0 Å². The number of aromatic nitrogens is 2. The molecule has 0 radical (unpaired) electrons. The summed E-state index contributed by atoms with van der Waals surface area (Å²) in [6.07, 6.45) is 1.85. The van der Waals surface area contributed by atoms with Crippen molar-refractivity contribution >= 4 is 23.0 Å². The van der Waals surface area contributed by atoms with Crippen LogP contribution in [0.2, 0.25) is 0 Å². The Hall–Kier alpha value is -3.44. The Morgan fingerprint density at radius 3 is 2.21 bits per heavy atom. The van der Waals surface area contributed by atoms with E-state index in [9.17, 15) is 0 Å². The minimum atomic E-state index is -0.0547. The van der Waals surface area contributed by atoms with Crippen LogP contribution in [0.15, 0.2) is 72.9 Å². The Bertz CT molecular complexity index is 1350. The van der Waals surface area contributed by atoms with Crippen LogP contribution in [0, 0.1) is 34.6 Å². The van der Waals surface area contributed by atoms with Gasteiger partial charge in [0.1, 0.15) is 0 Å².